The third kappa shape index (κ3) is 6.14. The van der Waals surface area contributed by atoms with Gasteiger partial charge in [0.05, 0.1) is 11.7 Å². The molecule has 5 unspecified atom stereocenters. The van der Waals surface area contributed by atoms with Crippen molar-refractivity contribution in [3.05, 3.63) is 205 Å². The average Bonchev–Trinajstić information content (AvgIpc) is 3.61. The Balaban J connectivity index is 1.06. The molecule has 0 saturated carbocycles. The van der Waals surface area contributed by atoms with Gasteiger partial charge in [-0.3, -0.25) is 0 Å². The number of hydrogen-bond donors (Lipinski definition) is 3. The highest BCUT2D eigenvalue weighted by Gasteiger charge is 2.38. The first kappa shape index (κ1) is 34.0. The zero-order chi connectivity index (χ0) is 37.7. The molecule has 4 N–H and O–H groups in total. The summed E-state index contributed by atoms with van der Waals surface area (Å²) in [4.78, 5) is 0. The number of allylic oxidation sites excluding steroid dienone is 1. The molecular formula is C53H45N4+. The zero-order valence-electron chi connectivity index (χ0n) is 31.8. The molecule has 0 amide bonds. The van der Waals surface area contributed by atoms with E-state index in [1.807, 2.05) is 0 Å². The molecule has 4 heteroatoms. The summed E-state index contributed by atoms with van der Waals surface area (Å²) < 4.78 is 2.70. The van der Waals surface area contributed by atoms with Crippen LogP contribution in [0.2, 0.25) is 0 Å². The van der Waals surface area contributed by atoms with E-state index in [0.717, 1.165) is 12.8 Å². The predicted octanol–water partition coefficient (Wildman–Crippen LogP) is 11.4. The zero-order valence-corrected chi connectivity index (χ0v) is 31.8. The highest BCUT2D eigenvalue weighted by atomic mass is 15.4. The Morgan fingerprint density at radius 2 is 1.14 bits per heavy atom. The van der Waals surface area contributed by atoms with Crippen molar-refractivity contribution >= 4 is 43.4 Å². The van der Waals surface area contributed by atoms with E-state index in [1.165, 1.54) is 76.7 Å². The first-order valence-electron chi connectivity index (χ1n) is 20.4. The van der Waals surface area contributed by atoms with E-state index in [2.05, 4.69) is 215 Å². The van der Waals surface area contributed by atoms with Gasteiger partial charge < -0.3 is 9.88 Å². The Morgan fingerprint density at radius 3 is 1.89 bits per heavy atom. The van der Waals surface area contributed by atoms with Crippen LogP contribution < -0.4 is 16.0 Å². The quantitative estimate of drug-likeness (QED) is 0.118. The van der Waals surface area contributed by atoms with E-state index >= 15 is 0 Å². The molecule has 1 saturated heterocycles. The van der Waals surface area contributed by atoms with Crippen molar-refractivity contribution in [1.29, 1.82) is 0 Å². The SMILES string of the molecule is C1=CC(C2NC(c3ccccc3)NC(c3ccccc3)[NH2+]2)CC(n2c3cc(-c4ccccc4)ccc3c3cc4c(cc(-c5ccccc5)c5ccccc54)cc32)C1. The van der Waals surface area contributed by atoms with E-state index in [9.17, 15) is 0 Å². The normalized spacial score (nSPS) is 21.1. The summed E-state index contributed by atoms with van der Waals surface area (Å²) >= 11 is 0. The molecule has 0 spiro atoms. The van der Waals surface area contributed by atoms with Gasteiger partial charge in [0.1, 0.15) is 6.17 Å². The first-order valence-corrected chi connectivity index (χ1v) is 20.4. The molecule has 0 bridgehead atoms. The van der Waals surface area contributed by atoms with E-state index in [-0.39, 0.29) is 24.5 Å². The van der Waals surface area contributed by atoms with Crippen LogP contribution in [0.15, 0.2) is 194 Å². The fraction of sp³-hybridized carbons (Fsp3) is 0.132. The second-order valence-corrected chi connectivity index (χ2v) is 15.9. The standard InChI is InChI=1S/C53H44N4/c1-5-16-35(17-6-1)39-28-29-45-48-34-47-41(31-46(36-18-7-2-8-19-36)43-26-13-14-27-44(43)47)33-50(48)57(49(45)32-39)42-25-15-24-40(30-42)53-55-51(37-20-9-3-10-21-37)54-52(56-53)38-22-11-4-12-23-38/h1-24,26-29,31-34,40,42,51-56H,25,30H2/p+1. The van der Waals surface area contributed by atoms with Gasteiger partial charge >= 0.3 is 0 Å². The van der Waals surface area contributed by atoms with Crippen molar-refractivity contribution in [2.75, 3.05) is 0 Å². The number of quaternary nitrogens is 1. The van der Waals surface area contributed by atoms with Gasteiger partial charge in [0.15, 0.2) is 6.17 Å². The highest BCUT2D eigenvalue weighted by Crippen LogP contribution is 2.43. The van der Waals surface area contributed by atoms with Crippen LogP contribution in [-0.4, -0.2) is 10.7 Å². The third-order valence-corrected chi connectivity index (χ3v) is 12.5. The lowest BCUT2D eigenvalue weighted by Gasteiger charge is -2.40. The van der Waals surface area contributed by atoms with E-state index in [4.69, 9.17) is 0 Å². The molecule has 11 rings (SSSR count). The number of benzene rings is 8. The van der Waals surface area contributed by atoms with Crippen LogP contribution in [0.5, 0.6) is 0 Å². The Kier molecular flexibility index (Phi) is 8.54. The van der Waals surface area contributed by atoms with Crippen LogP contribution in [0.25, 0.3) is 65.6 Å². The van der Waals surface area contributed by atoms with Crippen LogP contribution in [0.4, 0.5) is 0 Å². The number of aromatic nitrogens is 1. The van der Waals surface area contributed by atoms with Crippen molar-refractivity contribution in [2.24, 2.45) is 5.92 Å². The van der Waals surface area contributed by atoms with E-state index in [1.54, 1.807) is 0 Å². The third-order valence-electron chi connectivity index (χ3n) is 12.5. The molecular weight excluding hydrogens is 693 g/mol. The van der Waals surface area contributed by atoms with Crippen LogP contribution in [0.3, 0.4) is 0 Å². The van der Waals surface area contributed by atoms with Crippen LogP contribution in [0.1, 0.15) is 42.3 Å². The molecule has 276 valence electrons. The lowest BCUT2D eigenvalue weighted by atomic mass is 9.87. The smallest absolute Gasteiger partial charge is 0.168 e. The lowest BCUT2D eigenvalue weighted by molar-refractivity contribution is -0.753. The summed E-state index contributed by atoms with van der Waals surface area (Å²) in [6.45, 7) is 0. The maximum absolute atomic E-state index is 4.05. The maximum atomic E-state index is 4.05. The van der Waals surface area contributed by atoms with E-state index in [0.29, 0.717) is 5.92 Å². The molecule has 57 heavy (non-hydrogen) atoms. The molecule has 0 radical (unpaired) electrons. The second kappa shape index (κ2) is 14.3. The monoisotopic (exact) mass is 737 g/mol. The number of fused-ring (bicyclic) bond motifs is 6. The summed E-state index contributed by atoms with van der Waals surface area (Å²) in [6.07, 6.45) is 7.33. The minimum absolute atomic E-state index is 0.0434. The molecule has 1 aromatic heterocycles. The van der Waals surface area contributed by atoms with Gasteiger partial charge in [-0.15, -0.1) is 0 Å². The van der Waals surface area contributed by atoms with Gasteiger partial charge in [-0.05, 0) is 86.5 Å². The van der Waals surface area contributed by atoms with Gasteiger partial charge in [0.2, 0.25) is 0 Å². The number of nitrogens with zero attached hydrogens (tertiary/aromatic N) is 1. The van der Waals surface area contributed by atoms with Gasteiger partial charge in [0.25, 0.3) is 0 Å². The maximum Gasteiger partial charge on any atom is 0.168 e. The minimum atomic E-state index is 0.0434. The Labute approximate surface area is 333 Å². The van der Waals surface area contributed by atoms with E-state index < -0.39 is 0 Å². The summed E-state index contributed by atoms with van der Waals surface area (Å²) in [5.41, 5.74) is 10.2. The number of nitrogens with one attached hydrogen (secondary N) is 2. The summed E-state index contributed by atoms with van der Waals surface area (Å²) in [5.74, 6) is 0.321. The van der Waals surface area contributed by atoms with Crippen molar-refractivity contribution in [3.63, 3.8) is 0 Å². The number of nitrogens with two attached hydrogens (primary N) is 1. The predicted molar refractivity (Wildman–Crippen MR) is 237 cm³/mol. The minimum Gasteiger partial charge on any atom is -0.337 e. The van der Waals surface area contributed by atoms with Crippen molar-refractivity contribution < 1.29 is 5.32 Å². The number of hydrogen-bond acceptors (Lipinski definition) is 2. The molecule has 1 aliphatic carbocycles. The number of rotatable bonds is 6. The Bertz CT molecular complexity index is 2850. The van der Waals surface area contributed by atoms with Crippen LogP contribution >= 0.6 is 0 Å². The van der Waals surface area contributed by atoms with Gasteiger partial charge in [-0.25, -0.2) is 10.6 Å². The largest absolute Gasteiger partial charge is 0.337 e. The van der Waals surface area contributed by atoms with Crippen molar-refractivity contribution in [1.82, 2.24) is 15.2 Å². The molecule has 5 atom stereocenters. The molecule has 8 aromatic carbocycles. The fourth-order valence-electron chi connectivity index (χ4n) is 9.79. The molecule has 4 nitrogen and oxygen atoms in total. The summed E-state index contributed by atoms with van der Waals surface area (Å²) in [7, 11) is 0. The summed E-state index contributed by atoms with van der Waals surface area (Å²) in [6, 6.07) is 67.2. The summed E-state index contributed by atoms with van der Waals surface area (Å²) in [5, 5.41) is 18.3. The molecule has 2 aliphatic rings. The van der Waals surface area contributed by atoms with Gasteiger partial charge in [-0.2, -0.15) is 0 Å². The average molecular weight is 738 g/mol. The molecule has 2 heterocycles. The highest BCUT2D eigenvalue weighted by molar-refractivity contribution is 6.20. The van der Waals surface area contributed by atoms with Crippen molar-refractivity contribution in [2.45, 2.75) is 37.4 Å². The molecule has 1 fully saturated rings. The van der Waals surface area contributed by atoms with Crippen LogP contribution in [0, 0.1) is 5.92 Å². The molecule has 9 aromatic rings. The topological polar surface area (TPSA) is 45.6 Å². The van der Waals surface area contributed by atoms with Crippen molar-refractivity contribution in [3.8, 4) is 22.3 Å². The van der Waals surface area contributed by atoms with Gasteiger partial charge in [-0.1, -0.05) is 170 Å². The Morgan fingerprint density at radius 1 is 0.491 bits per heavy atom. The first-order chi connectivity index (χ1) is 28.2. The lowest BCUT2D eigenvalue weighted by Crippen LogP contribution is -3.00. The van der Waals surface area contributed by atoms with Gasteiger partial charge in [0, 0.05) is 33.8 Å². The van der Waals surface area contributed by atoms with Crippen LogP contribution in [-0.2, 0) is 0 Å². The Hall–Kier alpha value is -6.30. The fourth-order valence-corrected chi connectivity index (χ4v) is 9.79. The molecule has 1 aliphatic heterocycles. The second-order valence-electron chi connectivity index (χ2n) is 15.9.